The van der Waals surface area contributed by atoms with Crippen LogP contribution in [0.25, 0.3) is 11.0 Å². The van der Waals surface area contributed by atoms with Gasteiger partial charge in [0.1, 0.15) is 11.3 Å². The SMILES string of the molecule is CC(=O)Nc1ccc2c(CN3C(=O)NC(C)(c4ccco4)C3=O)cc(=O)oc2c1. The highest BCUT2D eigenvalue weighted by Crippen LogP contribution is 2.31. The highest BCUT2D eigenvalue weighted by molar-refractivity contribution is 6.07. The van der Waals surface area contributed by atoms with Crippen LogP contribution in [-0.4, -0.2) is 22.7 Å². The first kappa shape index (κ1) is 18.5. The molecule has 3 heterocycles. The van der Waals surface area contributed by atoms with E-state index >= 15 is 0 Å². The van der Waals surface area contributed by atoms with Crippen LogP contribution in [0.5, 0.6) is 0 Å². The van der Waals surface area contributed by atoms with Crippen molar-refractivity contribution >= 4 is 34.5 Å². The molecule has 0 aliphatic carbocycles. The summed E-state index contributed by atoms with van der Waals surface area (Å²) in [6.45, 7) is 2.80. The van der Waals surface area contributed by atoms with Gasteiger partial charge in [0, 0.05) is 30.1 Å². The van der Waals surface area contributed by atoms with Crippen molar-refractivity contribution in [3.63, 3.8) is 0 Å². The highest BCUT2D eigenvalue weighted by atomic mass is 16.4. The molecule has 1 unspecified atom stereocenters. The second kappa shape index (κ2) is 6.62. The predicted octanol–water partition coefficient (Wildman–Crippen LogP) is 2.31. The Hall–Kier alpha value is -3.88. The number of amides is 4. The van der Waals surface area contributed by atoms with E-state index in [-0.39, 0.29) is 18.0 Å². The Labute approximate surface area is 164 Å². The van der Waals surface area contributed by atoms with E-state index in [9.17, 15) is 19.2 Å². The summed E-state index contributed by atoms with van der Waals surface area (Å²) >= 11 is 0. The number of anilines is 1. The van der Waals surface area contributed by atoms with E-state index in [1.165, 1.54) is 25.3 Å². The average molecular weight is 395 g/mol. The van der Waals surface area contributed by atoms with Crippen LogP contribution >= 0.6 is 0 Å². The molecule has 29 heavy (non-hydrogen) atoms. The Morgan fingerprint density at radius 1 is 1.21 bits per heavy atom. The van der Waals surface area contributed by atoms with Crippen LogP contribution in [0.2, 0.25) is 0 Å². The van der Waals surface area contributed by atoms with Gasteiger partial charge in [-0.15, -0.1) is 0 Å². The molecule has 1 aliphatic rings. The number of furan rings is 1. The van der Waals surface area contributed by atoms with E-state index in [0.29, 0.717) is 22.4 Å². The maximum Gasteiger partial charge on any atom is 0.336 e. The van der Waals surface area contributed by atoms with Crippen molar-refractivity contribution in [1.82, 2.24) is 10.2 Å². The number of carbonyl (C=O) groups excluding carboxylic acids is 3. The van der Waals surface area contributed by atoms with Crippen molar-refractivity contribution in [3.8, 4) is 0 Å². The molecule has 1 aliphatic heterocycles. The lowest BCUT2D eigenvalue weighted by molar-refractivity contribution is -0.132. The fourth-order valence-electron chi connectivity index (χ4n) is 3.38. The molecule has 0 bridgehead atoms. The first-order valence-electron chi connectivity index (χ1n) is 8.80. The first-order valence-corrected chi connectivity index (χ1v) is 8.80. The topological polar surface area (TPSA) is 122 Å². The first-order chi connectivity index (χ1) is 13.8. The molecule has 2 aromatic heterocycles. The zero-order chi connectivity index (χ0) is 20.8. The summed E-state index contributed by atoms with van der Waals surface area (Å²) < 4.78 is 10.5. The fourth-order valence-corrected chi connectivity index (χ4v) is 3.38. The lowest BCUT2D eigenvalue weighted by Crippen LogP contribution is -2.40. The summed E-state index contributed by atoms with van der Waals surface area (Å²) in [6, 6.07) is 8.70. The van der Waals surface area contributed by atoms with Crippen LogP contribution in [0.3, 0.4) is 0 Å². The zero-order valence-electron chi connectivity index (χ0n) is 15.6. The standard InChI is InChI=1S/C20H17N3O6/c1-11(24)21-13-5-6-14-12(8-17(25)29-15(14)9-13)10-23-18(26)20(2,22-19(23)27)16-4-3-7-28-16/h3-9H,10H2,1-2H3,(H,21,24)(H,22,27). The van der Waals surface area contributed by atoms with Gasteiger partial charge in [-0.2, -0.15) is 0 Å². The summed E-state index contributed by atoms with van der Waals surface area (Å²) in [4.78, 5) is 49.8. The van der Waals surface area contributed by atoms with Crippen molar-refractivity contribution in [3.05, 3.63) is 64.4 Å². The van der Waals surface area contributed by atoms with E-state index in [4.69, 9.17) is 8.83 Å². The van der Waals surface area contributed by atoms with Crippen molar-refractivity contribution < 1.29 is 23.2 Å². The lowest BCUT2D eigenvalue weighted by Gasteiger charge is -2.19. The Bertz CT molecular complexity index is 1200. The largest absolute Gasteiger partial charge is 0.466 e. The van der Waals surface area contributed by atoms with E-state index in [0.717, 1.165) is 4.90 Å². The van der Waals surface area contributed by atoms with Crippen LogP contribution in [0.15, 0.2) is 56.3 Å². The van der Waals surface area contributed by atoms with E-state index in [1.54, 1.807) is 31.2 Å². The van der Waals surface area contributed by atoms with Crippen LogP contribution in [0.4, 0.5) is 10.5 Å². The Kier molecular flexibility index (Phi) is 4.22. The van der Waals surface area contributed by atoms with Crippen molar-refractivity contribution in [1.29, 1.82) is 0 Å². The number of benzene rings is 1. The third-order valence-corrected chi connectivity index (χ3v) is 4.77. The molecule has 148 valence electrons. The molecule has 1 fully saturated rings. The predicted molar refractivity (Wildman–Crippen MR) is 102 cm³/mol. The summed E-state index contributed by atoms with van der Waals surface area (Å²) in [5, 5.41) is 5.80. The fraction of sp³-hybridized carbons (Fsp3) is 0.200. The lowest BCUT2D eigenvalue weighted by atomic mass is 9.99. The number of nitrogens with one attached hydrogen (secondary N) is 2. The van der Waals surface area contributed by atoms with Gasteiger partial charge in [0.2, 0.25) is 5.91 Å². The minimum Gasteiger partial charge on any atom is -0.466 e. The molecule has 9 nitrogen and oxygen atoms in total. The maximum atomic E-state index is 13.0. The van der Waals surface area contributed by atoms with Crippen LogP contribution in [0, 0.1) is 0 Å². The number of imide groups is 1. The van der Waals surface area contributed by atoms with Gasteiger partial charge in [-0.3, -0.25) is 14.5 Å². The summed E-state index contributed by atoms with van der Waals surface area (Å²) in [5.41, 5.74) is -0.814. The molecule has 4 rings (SSSR count). The van der Waals surface area contributed by atoms with Gasteiger partial charge in [-0.05, 0) is 36.8 Å². The molecule has 0 radical (unpaired) electrons. The number of hydrogen-bond acceptors (Lipinski definition) is 6. The molecule has 4 amide bonds. The third kappa shape index (κ3) is 3.16. The number of nitrogens with zero attached hydrogens (tertiary/aromatic N) is 1. The van der Waals surface area contributed by atoms with E-state index in [2.05, 4.69) is 10.6 Å². The molecule has 1 atom stereocenters. The minimum atomic E-state index is -1.32. The van der Waals surface area contributed by atoms with Crippen molar-refractivity contribution in [2.75, 3.05) is 5.32 Å². The molecular weight excluding hydrogens is 378 g/mol. The summed E-state index contributed by atoms with van der Waals surface area (Å²) in [6.07, 6.45) is 1.42. The van der Waals surface area contributed by atoms with Gasteiger partial charge in [0.05, 0.1) is 12.8 Å². The second-order valence-corrected chi connectivity index (χ2v) is 6.91. The smallest absolute Gasteiger partial charge is 0.336 e. The monoisotopic (exact) mass is 395 g/mol. The van der Waals surface area contributed by atoms with Crippen molar-refractivity contribution in [2.24, 2.45) is 0 Å². The molecule has 3 aromatic rings. The molecule has 9 heteroatoms. The highest BCUT2D eigenvalue weighted by Gasteiger charge is 2.51. The normalized spacial score (nSPS) is 18.9. The van der Waals surface area contributed by atoms with Crippen molar-refractivity contribution in [2.45, 2.75) is 25.9 Å². The maximum absolute atomic E-state index is 13.0. The van der Waals surface area contributed by atoms with Gasteiger partial charge in [0.25, 0.3) is 5.91 Å². The van der Waals surface area contributed by atoms with Gasteiger partial charge < -0.3 is 19.5 Å². The molecule has 0 saturated carbocycles. The zero-order valence-corrected chi connectivity index (χ0v) is 15.6. The molecule has 2 N–H and O–H groups in total. The summed E-state index contributed by atoms with van der Waals surface area (Å²) in [7, 11) is 0. The number of urea groups is 1. The Balaban J connectivity index is 1.70. The molecular formula is C20H17N3O6. The molecule has 1 saturated heterocycles. The Morgan fingerprint density at radius 3 is 2.69 bits per heavy atom. The quantitative estimate of drug-likeness (QED) is 0.516. The van der Waals surface area contributed by atoms with Gasteiger partial charge >= 0.3 is 11.7 Å². The minimum absolute atomic E-state index is 0.122. The van der Waals surface area contributed by atoms with Gasteiger partial charge in [-0.1, -0.05) is 0 Å². The average Bonchev–Trinajstić information content (AvgIpc) is 3.25. The van der Waals surface area contributed by atoms with E-state index < -0.39 is 23.1 Å². The third-order valence-electron chi connectivity index (χ3n) is 4.77. The van der Waals surface area contributed by atoms with Gasteiger partial charge in [0.15, 0.2) is 5.54 Å². The second-order valence-electron chi connectivity index (χ2n) is 6.91. The summed E-state index contributed by atoms with van der Waals surface area (Å²) in [5.74, 6) is -0.441. The van der Waals surface area contributed by atoms with Crippen LogP contribution < -0.4 is 16.3 Å². The number of rotatable bonds is 4. The number of fused-ring (bicyclic) bond motifs is 1. The van der Waals surface area contributed by atoms with Crippen LogP contribution in [-0.2, 0) is 21.7 Å². The molecule has 0 spiro atoms. The number of hydrogen-bond donors (Lipinski definition) is 2. The van der Waals surface area contributed by atoms with Crippen LogP contribution in [0.1, 0.15) is 25.2 Å². The molecule has 1 aromatic carbocycles. The van der Waals surface area contributed by atoms with E-state index in [1.807, 2.05) is 0 Å². The van der Waals surface area contributed by atoms with Gasteiger partial charge in [-0.25, -0.2) is 9.59 Å². The number of carbonyl (C=O) groups is 3. The Morgan fingerprint density at radius 2 is 2.00 bits per heavy atom.